The lowest BCUT2D eigenvalue weighted by Crippen LogP contribution is -2.52. The Labute approximate surface area is 204 Å². The van der Waals surface area contributed by atoms with Gasteiger partial charge in [-0.15, -0.1) is 0 Å². The summed E-state index contributed by atoms with van der Waals surface area (Å²) in [6, 6.07) is 8.03. The summed E-state index contributed by atoms with van der Waals surface area (Å²) in [5.41, 5.74) is 0. The minimum absolute atomic E-state index is 0.0650. The van der Waals surface area contributed by atoms with Crippen molar-refractivity contribution < 1.29 is 27.6 Å². The maximum atomic E-state index is 13.0. The first-order valence-electron chi connectivity index (χ1n) is 11.9. The monoisotopic (exact) mass is 490 g/mol. The van der Waals surface area contributed by atoms with Crippen molar-refractivity contribution in [2.75, 3.05) is 0 Å². The SMILES string of the molecule is CC(=O)/C=C/CCCC(=O)C(C)C.CC(=O)C[C@H]1CCCC(=O)[C@]1(C)S(=O)(=O)c1ccccc1. The highest BCUT2D eigenvalue weighted by Gasteiger charge is 2.53. The van der Waals surface area contributed by atoms with Gasteiger partial charge in [0, 0.05) is 25.2 Å². The fourth-order valence-corrected chi connectivity index (χ4v) is 6.10. The van der Waals surface area contributed by atoms with E-state index in [1.807, 2.05) is 19.9 Å². The summed E-state index contributed by atoms with van der Waals surface area (Å²) in [5, 5.41) is 0. The van der Waals surface area contributed by atoms with Crippen molar-refractivity contribution in [1.29, 1.82) is 0 Å². The van der Waals surface area contributed by atoms with Gasteiger partial charge in [0.2, 0.25) is 0 Å². The fraction of sp³-hybridized carbons (Fsp3) is 0.556. The first-order valence-corrected chi connectivity index (χ1v) is 13.3. The van der Waals surface area contributed by atoms with Crippen molar-refractivity contribution in [2.45, 2.75) is 89.2 Å². The molecule has 0 radical (unpaired) electrons. The van der Waals surface area contributed by atoms with Crippen molar-refractivity contribution in [2.24, 2.45) is 11.8 Å². The van der Waals surface area contributed by atoms with Crippen molar-refractivity contribution in [3.63, 3.8) is 0 Å². The normalized spacial score (nSPS) is 20.6. The average molecular weight is 491 g/mol. The van der Waals surface area contributed by atoms with E-state index in [0.29, 0.717) is 25.0 Å². The number of ketones is 4. The number of carbonyl (C=O) groups is 4. The van der Waals surface area contributed by atoms with Crippen LogP contribution in [0.15, 0.2) is 47.4 Å². The van der Waals surface area contributed by atoms with E-state index in [-0.39, 0.29) is 41.0 Å². The lowest BCUT2D eigenvalue weighted by Gasteiger charge is -2.39. The number of unbranched alkanes of at least 4 members (excludes halogenated alkanes) is 1. The molecule has 1 fully saturated rings. The summed E-state index contributed by atoms with van der Waals surface area (Å²) in [6.45, 7) is 8.27. The van der Waals surface area contributed by atoms with Crippen molar-refractivity contribution >= 4 is 33.0 Å². The standard InChI is InChI=1S/C16H20O4S.C11H18O2/c1-12(17)11-13-7-6-10-15(18)16(13,2)21(19,20)14-8-4-3-5-9-14;1-9(2)11(13)8-6-4-5-7-10(3)12/h3-5,8-9,13H,6-7,10-11H2,1-2H3;5,7,9H,4,6,8H2,1-3H3/b;7-5+/t13-,16-;/m1./s1. The smallest absolute Gasteiger partial charge is 0.191 e. The molecule has 0 unspecified atom stereocenters. The zero-order valence-corrected chi connectivity index (χ0v) is 21.8. The number of benzene rings is 1. The summed E-state index contributed by atoms with van der Waals surface area (Å²) in [7, 11) is -3.81. The molecule has 34 heavy (non-hydrogen) atoms. The number of hydrogen-bond donors (Lipinski definition) is 0. The van der Waals surface area contributed by atoms with Gasteiger partial charge in [0.15, 0.2) is 21.4 Å². The van der Waals surface area contributed by atoms with Crippen LogP contribution in [-0.4, -0.2) is 36.3 Å². The summed E-state index contributed by atoms with van der Waals surface area (Å²) < 4.78 is 24.5. The lowest BCUT2D eigenvalue weighted by atomic mass is 9.76. The van der Waals surface area contributed by atoms with Gasteiger partial charge >= 0.3 is 0 Å². The second kappa shape index (κ2) is 13.5. The van der Waals surface area contributed by atoms with Crippen LogP contribution in [0, 0.1) is 11.8 Å². The molecule has 1 aromatic rings. The van der Waals surface area contributed by atoms with Gasteiger partial charge in [-0.3, -0.25) is 14.4 Å². The fourth-order valence-electron chi connectivity index (χ4n) is 4.05. The van der Waals surface area contributed by atoms with Gasteiger partial charge < -0.3 is 4.79 Å². The van der Waals surface area contributed by atoms with E-state index in [0.717, 1.165) is 12.8 Å². The largest absolute Gasteiger partial charge is 0.300 e. The van der Waals surface area contributed by atoms with Gasteiger partial charge in [-0.05, 0) is 70.6 Å². The van der Waals surface area contributed by atoms with E-state index >= 15 is 0 Å². The van der Waals surface area contributed by atoms with E-state index in [9.17, 15) is 27.6 Å². The first kappa shape index (κ1) is 29.6. The molecule has 1 aliphatic carbocycles. The molecule has 1 saturated carbocycles. The summed E-state index contributed by atoms with van der Waals surface area (Å²) in [6.07, 6.45) is 7.31. The van der Waals surface area contributed by atoms with Crippen LogP contribution in [0.5, 0.6) is 0 Å². The highest BCUT2D eigenvalue weighted by Crippen LogP contribution is 2.42. The molecule has 0 aromatic heterocycles. The second-order valence-corrected chi connectivity index (χ2v) is 11.7. The first-order chi connectivity index (χ1) is 15.8. The maximum absolute atomic E-state index is 13.0. The minimum atomic E-state index is -3.81. The number of allylic oxidation sites excluding steroid dienone is 2. The highest BCUT2D eigenvalue weighted by atomic mass is 32.2. The predicted octanol–water partition coefficient (Wildman–Crippen LogP) is 5.09. The van der Waals surface area contributed by atoms with Crippen LogP contribution < -0.4 is 0 Å². The van der Waals surface area contributed by atoms with Crippen LogP contribution in [0.2, 0.25) is 0 Å². The molecule has 7 heteroatoms. The topological polar surface area (TPSA) is 102 Å². The average Bonchev–Trinajstić information content (AvgIpc) is 2.77. The Morgan fingerprint density at radius 3 is 2.26 bits per heavy atom. The number of hydrogen-bond acceptors (Lipinski definition) is 6. The van der Waals surface area contributed by atoms with Crippen LogP contribution in [-0.2, 0) is 29.0 Å². The van der Waals surface area contributed by atoms with Gasteiger partial charge in [0.25, 0.3) is 0 Å². The molecular formula is C27H38O6S. The van der Waals surface area contributed by atoms with Crippen LogP contribution in [0.4, 0.5) is 0 Å². The molecule has 0 N–H and O–H groups in total. The van der Waals surface area contributed by atoms with Crippen molar-refractivity contribution in [1.82, 2.24) is 0 Å². The van der Waals surface area contributed by atoms with Gasteiger partial charge in [-0.2, -0.15) is 0 Å². The third-order valence-electron chi connectivity index (χ3n) is 6.23. The molecule has 0 heterocycles. The second-order valence-electron chi connectivity index (χ2n) is 9.37. The molecule has 188 valence electrons. The van der Waals surface area contributed by atoms with Gasteiger partial charge in [-0.25, -0.2) is 8.42 Å². The third kappa shape index (κ3) is 8.12. The molecule has 2 rings (SSSR count). The zero-order chi connectivity index (χ0) is 25.9. The van der Waals surface area contributed by atoms with E-state index in [2.05, 4.69) is 0 Å². The van der Waals surface area contributed by atoms with E-state index in [1.165, 1.54) is 32.9 Å². The van der Waals surface area contributed by atoms with Crippen molar-refractivity contribution in [3.8, 4) is 0 Å². The lowest BCUT2D eigenvalue weighted by molar-refractivity contribution is -0.126. The Bertz CT molecular complexity index is 991. The summed E-state index contributed by atoms with van der Waals surface area (Å²) in [5.74, 6) is -0.294. The van der Waals surface area contributed by atoms with Gasteiger partial charge in [0.1, 0.15) is 16.3 Å². The quantitative estimate of drug-likeness (QED) is 0.334. The van der Waals surface area contributed by atoms with E-state index < -0.39 is 20.5 Å². The van der Waals surface area contributed by atoms with E-state index in [4.69, 9.17) is 0 Å². The Morgan fingerprint density at radius 1 is 1.12 bits per heavy atom. The minimum Gasteiger partial charge on any atom is -0.300 e. The summed E-state index contributed by atoms with van der Waals surface area (Å²) in [4.78, 5) is 45.7. The molecule has 6 nitrogen and oxygen atoms in total. The molecule has 0 aliphatic heterocycles. The Balaban J connectivity index is 0.000000385. The van der Waals surface area contributed by atoms with Gasteiger partial charge in [0.05, 0.1) is 4.90 Å². The molecule has 0 spiro atoms. The van der Waals surface area contributed by atoms with E-state index in [1.54, 1.807) is 24.3 Å². The molecule has 0 saturated heterocycles. The molecule has 1 aliphatic rings. The predicted molar refractivity (Wildman–Crippen MR) is 133 cm³/mol. The highest BCUT2D eigenvalue weighted by molar-refractivity contribution is 7.93. The molecule has 0 amide bonds. The van der Waals surface area contributed by atoms with Crippen LogP contribution >= 0.6 is 0 Å². The van der Waals surface area contributed by atoms with Crippen LogP contribution in [0.1, 0.15) is 79.6 Å². The van der Waals surface area contributed by atoms with Crippen molar-refractivity contribution in [3.05, 3.63) is 42.5 Å². The molecular weight excluding hydrogens is 452 g/mol. The van der Waals surface area contributed by atoms with Crippen LogP contribution in [0.3, 0.4) is 0 Å². The Hall–Kier alpha value is -2.41. The van der Waals surface area contributed by atoms with Crippen LogP contribution in [0.25, 0.3) is 0 Å². The Kier molecular flexibility index (Phi) is 11.7. The number of rotatable bonds is 10. The molecule has 1 aromatic carbocycles. The number of sulfone groups is 1. The molecule has 2 atom stereocenters. The molecule has 0 bridgehead atoms. The van der Waals surface area contributed by atoms with Gasteiger partial charge in [-0.1, -0.05) is 38.1 Å². The number of Topliss-reactive ketones (excluding diaryl/α,β-unsaturated/α-hetero) is 3. The maximum Gasteiger partial charge on any atom is 0.191 e. The summed E-state index contributed by atoms with van der Waals surface area (Å²) >= 11 is 0. The Morgan fingerprint density at radius 2 is 1.74 bits per heavy atom. The third-order valence-corrected chi connectivity index (χ3v) is 8.80. The zero-order valence-electron chi connectivity index (χ0n) is 21.0. The number of carbonyl (C=O) groups excluding carboxylic acids is 4.